The molecule has 0 N–H and O–H groups in total. The van der Waals surface area contributed by atoms with Crippen LogP contribution < -0.4 is 9.80 Å². The molecule has 0 saturated heterocycles. The number of para-hydroxylation sites is 2. The Hall–Kier alpha value is -12.2. The first-order valence-electron chi connectivity index (χ1n) is 32.1. The van der Waals surface area contributed by atoms with E-state index in [0.29, 0.717) is 0 Å². The average Bonchev–Trinajstić information content (AvgIpc) is 1.67. The maximum Gasteiger partial charge on any atom is 0.135 e. The predicted molar refractivity (Wildman–Crippen MR) is 389 cm³/mol. The van der Waals surface area contributed by atoms with Crippen molar-refractivity contribution in [2.75, 3.05) is 9.80 Å². The van der Waals surface area contributed by atoms with Crippen molar-refractivity contribution >= 4 is 68.2 Å². The Bertz CT molecular complexity index is 5140. The number of furan rings is 1. The summed E-state index contributed by atoms with van der Waals surface area (Å²) >= 11 is 0. The van der Waals surface area contributed by atoms with E-state index in [1.807, 2.05) is 36.4 Å². The molecule has 2 aliphatic carbocycles. The Labute approximate surface area is 551 Å². The Balaban J connectivity index is 0.766. The van der Waals surface area contributed by atoms with E-state index >= 15 is 0 Å². The van der Waals surface area contributed by atoms with Crippen LogP contribution in [0.4, 0.5) is 42.9 Å². The van der Waals surface area contributed by atoms with Gasteiger partial charge in [0.15, 0.2) is 0 Å². The summed E-state index contributed by atoms with van der Waals surface area (Å²) in [5.74, 6) is -0.548. The molecule has 14 aromatic carbocycles. The van der Waals surface area contributed by atoms with Gasteiger partial charge >= 0.3 is 0 Å². The van der Waals surface area contributed by atoms with Gasteiger partial charge in [0.25, 0.3) is 0 Å². The highest BCUT2D eigenvalue weighted by Crippen LogP contribution is 2.59. The molecule has 0 spiro atoms. The first-order valence-corrected chi connectivity index (χ1v) is 32.1. The molecule has 15 aromatic rings. The zero-order chi connectivity index (χ0) is 63.8. The Kier molecular flexibility index (Phi) is 13.7. The number of hydrogen-bond acceptors (Lipinski definition) is 3. The highest BCUT2D eigenvalue weighted by atomic mass is 19.1. The zero-order valence-electron chi connectivity index (χ0n) is 51.8. The summed E-state index contributed by atoms with van der Waals surface area (Å²) in [6.07, 6.45) is 3.73. The number of anilines is 6. The second-order valence-corrected chi connectivity index (χ2v) is 24.7. The molecule has 1 heterocycles. The molecule has 2 aliphatic rings. The van der Waals surface area contributed by atoms with Crippen molar-refractivity contribution in [3.05, 3.63) is 408 Å². The minimum absolute atomic E-state index is 0.274. The molecular weight excluding hydrogens is 1160 g/mol. The SMILES string of the molecule is C=Cc1ccc(C2(c3ccc(F)cc3)c3ccccc3-c3ccc(-c4cccc(N(c5ccccc5)c5ccc6oc7ccc(N(c8ccccc8)c8cccc(-c9ccc%10c(c9)C(c9ccc(F)cc9)(c9ccc(C=C)cc9)c9ccccc9-%10)c8)cc7c6c5)c4)cc32)cc1. The van der Waals surface area contributed by atoms with Gasteiger partial charge in [-0.15, -0.1) is 0 Å². The normalized spacial score (nSPS) is 15.0. The van der Waals surface area contributed by atoms with E-state index in [9.17, 15) is 8.78 Å². The van der Waals surface area contributed by atoms with Crippen molar-refractivity contribution in [3.63, 3.8) is 0 Å². The predicted octanol–water partition coefficient (Wildman–Crippen LogP) is 24.2. The van der Waals surface area contributed by atoms with Gasteiger partial charge in [-0.1, -0.05) is 232 Å². The van der Waals surface area contributed by atoms with Gasteiger partial charge < -0.3 is 14.2 Å². The van der Waals surface area contributed by atoms with Gasteiger partial charge in [0.2, 0.25) is 0 Å². The molecule has 0 amide bonds. The lowest BCUT2D eigenvalue weighted by Crippen LogP contribution is -2.28. The summed E-state index contributed by atoms with van der Waals surface area (Å²) in [5, 5.41) is 1.97. The summed E-state index contributed by atoms with van der Waals surface area (Å²) < 4.78 is 36.5. The van der Waals surface area contributed by atoms with E-state index < -0.39 is 10.8 Å². The molecule has 0 radical (unpaired) electrons. The molecule has 95 heavy (non-hydrogen) atoms. The van der Waals surface area contributed by atoms with E-state index in [2.05, 4.69) is 302 Å². The molecule has 2 unspecified atom stereocenters. The van der Waals surface area contributed by atoms with Crippen LogP contribution in [0.2, 0.25) is 0 Å². The van der Waals surface area contributed by atoms with Gasteiger partial charge in [0, 0.05) is 44.9 Å². The number of hydrogen-bond donors (Lipinski definition) is 0. The zero-order valence-corrected chi connectivity index (χ0v) is 51.8. The van der Waals surface area contributed by atoms with Crippen molar-refractivity contribution in [2.45, 2.75) is 10.8 Å². The molecule has 0 fully saturated rings. The third-order valence-electron chi connectivity index (χ3n) is 19.7. The lowest BCUT2D eigenvalue weighted by atomic mass is 9.67. The highest BCUT2D eigenvalue weighted by molar-refractivity contribution is 6.08. The minimum Gasteiger partial charge on any atom is -0.456 e. The van der Waals surface area contributed by atoms with Crippen LogP contribution >= 0.6 is 0 Å². The lowest BCUT2D eigenvalue weighted by molar-refractivity contribution is 0.624. The fourth-order valence-electron chi connectivity index (χ4n) is 15.4. The van der Waals surface area contributed by atoms with E-state index in [1.54, 1.807) is 24.3 Å². The fraction of sp³-hybridized carbons (Fsp3) is 0.0222. The maximum atomic E-state index is 14.9. The third-order valence-corrected chi connectivity index (χ3v) is 19.7. The van der Waals surface area contributed by atoms with Crippen molar-refractivity contribution in [3.8, 4) is 44.5 Å². The van der Waals surface area contributed by atoms with Crippen LogP contribution in [0.5, 0.6) is 0 Å². The second-order valence-electron chi connectivity index (χ2n) is 24.7. The van der Waals surface area contributed by atoms with Gasteiger partial charge in [-0.3, -0.25) is 0 Å². The fourth-order valence-corrected chi connectivity index (χ4v) is 15.4. The van der Waals surface area contributed by atoms with Crippen LogP contribution in [0.3, 0.4) is 0 Å². The van der Waals surface area contributed by atoms with Gasteiger partial charge in [-0.2, -0.15) is 0 Å². The van der Waals surface area contributed by atoms with Crippen molar-refractivity contribution in [1.29, 1.82) is 0 Å². The Morgan fingerprint density at radius 2 is 0.611 bits per heavy atom. The summed E-state index contributed by atoms with van der Waals surface area (Å²) in [5.41, 5.74) is 25.7. The minimum atomic E-state index is -0.729. The molecule has 450 valence electrons. The molecule has 3 nitrogen and oxygen atoms in total. The standard InChI is InChI=1S/C90H60F2N2O/c1-3-59-29-35-65(36-30-59)89(67-39-43-69(91)44-40-67)83-27-13-11-25-77(83)79-49-33-63(55-85(79)89)61-17-15-23-73(53-61)93(71-19-7-5-8-20-71)75-47-51-87-81(57-75)82-58-76(48-52-88(82)95-87)94(72-21-9-6-10-22-72)74-24-16-18-62(54-74)64-34-50-80-78-26-12-14-28-84(78)90(86(80)56-64,68-41-45-70(92)46-42-68)66-37-31-60(4-2)32-38-66/h3-58H,1-2H2. The molecule has 17 rings (SSSR count). The van der Waals surface area contributed by atoms with Crippen molar-refractivity contribution in [2.24, 2.45) is 0 Å². The quantitative estimate of drug-likeness (QED) is 0.108. The van der Waals surface area contributed by atoms with Crippen molar-refractivity contribution < 1.29 is 13.2 Å². The summed E-state index contributed by atoms with van der Waals surface area (Å²) in [7, 11) is 0. The highest BCUT2D eigenvalue weighted by Gasteiger charge is 2.48. The van der Waals surface area contributed by atoms with Gasteiger partial charge in [0.1, 0.15) is 22.8 Å². The van der Waals surface area contributed by atoms with Crippen LogP contribution in [-0.2, 0) is 10.8 Å². The number of fused-ring (bicyclic) bond motifs is 9. The molecule has 1 aromatic heterocycles. The summed E-state index contributed by atoms with van der Waals surface area (Å²) in [4.78, 5) is 4.64. The topological polar surface area (TPSA) is 19.6 Å². The van der Waals surface area contributed by atoms with Crippen molar-refractivity contribution in [1.82, 2.24) is 0 Å². The number of rotatable bonds is 14. The molecular formula is C90H60F2N2O. The Morgan fingerprint density at radius 3 is 1.01 bits per heavy atom. The van der Waals surface area contributed by atoms with Gasteiger partial charge in [-0.25, -0.2) is 8.78 Å². The van der Waals surface area contributed by atoms with Crippen LogP contribution in [-0.4, -0.2) is 0 Å². The van der Waals surface area contributed by atoms with Crippen LogP contribution in [0.25, 0.3) is 78.6 Å². The largest absolute Gasteiger partial charge is 0.456 e. The van der Waals surface area contributed by atoms with E-state index in [4.69, 9.17) is 4.42 Å². The molecule has 0 saturated carbocycles. The first-order chi connectivity index (χ1) is 46.8. The first kappa shape index (κ1) is 56.8. The average molecular weight is 1220 g/mol. The van der Waals surface area contributed by atoms with E-state index in [0.717, 1.165) is 156 Å². The molecule has 0 aliphatic heterocycles. The van der Waals surface area contributed by atoms with Gasteiger partial charge in [-0.05, 0) is 221 Å². The lowest BCUT2D eigenvalue weighted by Gasteiger charge is -2.34. The molecule has 2 atom stereocenters. The van der Waals surface area contributed by atoms with Crippen LogP contribution in [0, 0.1) is 11.6 Å². The monoisotopic (exact) mass is 1220 g/mol. The van der Waals surface area contributed by atoms with E-state index in [-0.39, 0.29) is 11.6 Å². The summed E-state index contributed by atoms with van der Waals surface area (Å²) in [6, 6.07) is 114. The summed E-state index contributed by atoms with van der Waals surface area (Å²) in [6.45, 7) is 8.10. The number of benzene rings is 14. The number of halogens is 2. The molecule has 5 heteroatoms. The third kappa shape index (κ3) is 9.22. The Morgan fingerprint density at radius 1 is 0.274 bits per heavy atom. The van der Waals surface area contributed by atoms with Crippen LogP contribution in [0.15, 0.2) is 345 Å². The van der Waals surface area contributed by atoms with Crippen LogP contribution in [0.1, 0.15) is 55.6 Å². The maximum absolute atomic E-state index is 14.9. The van der Waals surface area contributed by atoms with E-state index in [1.165, 1.54) is 0 Å². The van der Waals surface area contributed by atoms with Gasteiger partial charge in [0.05, 0.1) is 10.8 Å². The smallest absolute Gasteiger partial charge is 0.135 e. The molecule has 0 bridgehead atoms. The second kappa shape index (κ2) is 22.9. The number of nitrogens with zero attached hydrogens (tertiary/aromatic N) is 2.